The molecule has 5 nitrogen and oxygen atoms in total. The molecular formula is C16H26N2O3. The van der Waals surface area contributed by atoms with Crippen molar-refractivity contribution in [2.75, 3.05) is 13.2 Å². The van der Waals surface area contributed by atoms with E-state index in [1.54, 1.807) is 6.07 Å². The van der Waals surface area contributed by atoms with Crippen molar-refractivity contribution in [2.45, 2.75) is 45.8 Å². The largest absolute Gasteiger partial charge is 0.387 e. The zero-order valence-corrected chi connectivity index (χ0v) is 13.6. The Kier molecular flexibility index (Phi) is 4.17. The number of carbonyl (C=O) groups excluding carboxylic acids is 1. The predicted octanol–water partition coefficient (Wildman–Crippen LogP) is 1.63. The summed E-state index contributed by atoms with van der Waals surface area (Å²) in [5.41, 5.74) is 0.358. The van der Waals surface area contributed by atoms with E-state index in [1.807, 2.05) is 45.4 Å². The van der Waals surface area contributed by atoms with Gasteiger partial charge in [0.1, 0.15) is 5.69 Å². The van der Waals surface area contributed by atoms with Gasteiger partial charge in [0.2, 0.25) is 0 Å². The van der Waals surface area contributed by atoms with E-state index in [-0.39, 0.29) is 24.0 Å². The van der Waals surface area contributed by atoms with E-state index in [9.17, 15) is 9.90 Å². The second kappa shape index (κ2) is 5.46. The van der Waals surface area contributed by atoms with Crippen LogP contribution in [0.15, 0.2) is 12.1 Å². The number of carbonyl (C=O) groups is 1. The van der Waals surface area contributed by atoms with Gasteiger partial charge in [-0.3, -0.25) is 4.79 Å². The van der Waals surface area contributed by atoms with E-state index in [2.05, 4.69) is 5.32 Å². The van der Waals surface area contributed by atoms with Crippen LogP contribution in [0.5, 0.6) is 0 Å². The molecular weight excluding hydrogens is 268 g/mol. The van der Waals surface area contributed by atoms with E-state index in [0.29, 0.717) is 18.7 Å². The predicted molar refractivity (Wildman–Crippen MR) is 81.2 cm³/mol. The van der Waals surface area contributed by atoms with Crippen molar-refractivity contribution >= 4 is 5.91 Å². The number of aromatic nitrogens is 1. The lowest BCUT2D eigenvalue weighted by Crippen LogP contribution is -2.68. The normalized spacial score (nSPS) is 27.2. The molecule has 2 rings (SSSR count). The highest BCUT2D eigenvalue weighted by Crippen LogP contribution is 2.50. The molecule has 1 heterocycles. The number of hydrogen-bond acceptors (Lipinski definition) is 3. The zero-order chi connectivity index (χ0) is 15.8. The third-order valence-electron chi connectivity index (χ3n) is 5.04. The number of hydrogen-bond donors (Lipinski definition) is 2. The van der Waals surface area contributed by atoms with Crippen LogP contribution in [0.3, 0.4) is 0 Å². The van der Waals surface area contributed by atoms with Gasteiger partial charge >= 0.3 is 0 Å². The van der Waals surface area contributed by atoms with E-state index in [1.165, 1.54) is 0 Å². The van der Waals surface area contributed by atoms with Crippen LogP contribution >= 0.6 is 0 Å². The molecule has 1 fully saturated rings. The number of aliphatic hydroxyl groups is 1. The molecule has 0 saturated heterocycles. The Morgan fingerprint density at radius 3 is 2.67 bits per heavy atom. The van der Waals surface area contributed by atoms with Crippen molar-refractivity contribution in [1.29, 1.82) is 0 Å². The van der Waals surface area contributed by atoms with Crippen LogP contribution in [0.25, 0.3) is 0 Å². The Hall–Kier alpha value is -1.33. The molecule has 1 aliphatic rings. The summed E-state index contributed by atoms with van der Waals surface area (Å²) in [6.07, 6.45) is 0.599. The minimum Gasteiger partial charge on any atom is -0.387 e. The highest BCUT2D eigenvalue weighted by atomic mass is 16.5. The van der Waals surface area contributed by atoms with Crippen molar-refractivity contribution in [3.05, 3.63) is 23.5 Å². The minimum absolute atomic E-state index is 0.0432. The maximum Gasteiger partial charge on any atom is 0.268 e. The molecule has 1 aromatic rings. The number of ether oxygens (including phenoxy) is 1. The minimum atomic E-state index is -0.914. The third-order valence-corrected chi connectivity index (χ3v) is 5.04. The van der Waals surface area contributed by atoms with E-state index in [0.717, 1.165) is 5.69 Å². The summed E-state index contributed by atoms with van der Waals surface area (Å²) in [5, 5.41) is 13.6. The molecule has 0 spiro atoms. The molecule has 1 aromatic heterocycles. The maximum absolute atomic E-state index is 12.2. The maximum atomic E-state index is 12.2. The second-order valence-electron chi connectivity index (χ2n) is 6.50. The number of nitrogens with zero attached hydrogens (tertiary/aromatic N) is 1. The van der Waals surface area contributed by atoms with Crippen molar-refractivity contribution < 1.29 is 14.6 Å². The van der Waals surface area contributed by atoms with Crippen LogP contribution in [-0.2, 0) is 11.8 Å². The van der Waals surface area contributed by atoms with Gasteiger partial charge in [0, 0.05) is 37.7 Å². The van der Waals surface area contributed by atoms with E-state index in [4.69, 9.17) is 4.74 Å². The van der Waals surface area contributed by atoms with Gasteiger partial charge in [-0.15, -0.1) is 0 Å². The fourth-order valence-corrected chi connectivity index (χ4v) is 2.92. The lowest BCUT2D eigenvalue weighted by molar-refractivity contribution is -0.237. The standard InChI is InChI=1S/C16H26N2O3/c1-6-21-13-9-16(20,15(13,3)4)10-17-14(19)12-8-7-11(2)18(12)5/h7-8,13,20H,6,9-10H2,1-5H3,(H,17,19). The molecule has 2 N–H and O–H groups in total. The molecule has 2 atom stereocenters. The van der Waals surface area contributed by atoms with Crippen molar-refractivity contribution in [3.8, 4) is 0 Å². The van der Waals surface area contributed by atoms with E-state index >= 15 is 0 Å². The zero-order valence-electron chi connectivity index (χ0n) is 13.6. The van der Waals surface area contributed by atoms with Gasteiger partial charge in [-0.25, -0.2) is 0 Å². The molecule has 21 heavy (non-hydrogen) atoms. The second-order valence-corrected chi connectivity index (χ2v) is 6.50. The fourth-order valence-electron chi connectivity index (χ4n) is 2.92. The summed E-state index contributed by atoms with van der Waals surface area (Å²) in [5.74, 6) is -0.158. The first-order valence-corrected chi connectivity index (χ1v) is 7.47. The quantitative estimate of drug-likeness (QED) is 0.867. The highest BCUT2D eigenvalue weighted by Gasteiger charge is 2.59. The number of rotatable bonds is 5. The average Bonchev–Trinajstić information content (AvgIpc) is 2.76. The highest BCUT2D eigenvalue weighted by molar-refractivity contribution is 5.92. The number of nitrogens with one attached hydrogen (secondary N) is 1. The van der Waals surface area contributed by atoms with Gasteiger partial charge in [0.15, 0.2) is 0 Å². The molecule has 0 radical (unpaired) electrons. The Bertz CT molecular complexity index is 536. The van der Waals surface area contributed by atoms with Crippen LogP contribution in [-0.4, -0.2) is 40.4 Å². The van der Waals surface area contributed by atoms with Crippen molar-refractivity contribution in [1.82, 2.24) is 9.88 Å². The van der Waals surface area contributed by atoms with Gasteiger partial charge in [-0.1, -0.05) is 13.8 Å². The van der Waals surface area contributed by atoms with Crippen LogP contribution in [0.2, 0.25) is 0 Å². The summed E-state index contributed by atoms with van der Waals surface area (Å²) in [7, 11) is 1.86. The molecule has 1 amide bonds. The molecule has 2 unspecified atom stereocenters. The van der Waals surface area contributed by atoms with Crippen LogP contribution in [0, 0.1) is 12.3 Å². The molecule has 5 heteroatoms. The number of amides is 1. The van der Waals surface area contributed by atoms with Crippen LogP contribution < -0.4 is 5.32 Å². The first kappa shape index (κ1) is 16.0. The summed E-state index contributed by atoms with van der Waals surface area (Å²) < 4.78 is 7.47. The molecule has 0 aromatic carbocycles. The van der Waals surface area contributed by atoms with Crippen LogP contribution in [0.4, 0.5) is 0 Å². The van der Waals surface area contributed by atoms with Gasteiger partial charge in [0.05, 0.1) is 11.7 Å². The summed E-state index contributed by atoms with van der Waals surface area (Å²) in [6, 6.07) is 3.70. The summed E-state index contributed by atoms with van der Waals surface area (Å²) in [6.45, 7) is 8.75. The van der Waals surface area contributed by atoms with Gasteiger partial charge in [0.25, 0.3) is 5.91 Å². The molecule has 118 valence electrons. The van der Waals surface area contributed by atoms with Crippen molar-refractivity contribution in [3.63, 3.8) is 0 Å². The summed E-state index contributed by atoms with van der Waals surface area (Å²) >= 11 is 0. The molecule has 1 aliphatic carbocycles. The summed E-state index contributed by atoms with van der Waals surface area (Å²) in [4.78, 5) is 12.2. The Morgan fingerprint density at radius 1 is 1.52 bits per heavy atom. The Labute approximate surface area is 126 Å². The lowest BCUT2D eigenvalue weighted by atomic mass is 9.56. The topological polar surface area (TPSA) is 63.5 Å². The molecule has 1 saturated carbocycles. The Morgan fingerprint density at radius 2 is 2.19 bits per heavy atom. The number of aryl methyl sites for hydroxylation is 1. The van der Waals surface area contributed by atoms with Crippen molar-refractivity contribution in [2.24, 2.45) is 12.5 Å². The first-order valence-electron chi connectivity index (χ1n) is 7.47. The van der Waals surface area contributed by atoms with Gasteiger partial charge in [-0.05, 0) is 26.0 Å². The van der Waals surface area contributed by atoms with E-state index < -0.39 is 5.60 Å². The fraction of sp³-hybridized carbons (Fsp3) is 0.688. The molecule has 0 aliphatic heterocycles. The SMILES string of the molecule is CCOC1CC(O)(CNC(=O)c2ccc(C)n2C)C1(C)C. The van der Waals surface area contributed by atoms with Gasteiger partial charge in [-0.2, -0.15) is 0 Å². The molecule has 0 bridgehead atoms. The van der Waals surface area contributed by atoms with Gasteiger partial charge < -0.3 is 19.7 Å². The smallest absolute Gasteiger partial charge is 0.268 e. The first-order chi connectivity index (χ1) is 9.73. The third kappa shape index (κ3) is 2.60. The average molecular weight is 294 g/mol. The Balaban J connectivity index is 1.97. The van der Waals surface area contributed by atoms with Crippen LogP contribution in [0.1, 0.15) is 43.4 Å². The monoisotopic (exact) mass is 294 g/mol. The lowest BCUT2D eigenvalue weighted by Gasteiger charge is -2.57.